The van der Waals surface area contributed by atoms with Gasteiger partial charge in [-0.3, -0.25) is 4.79 Å². The smallest absolute Gasteiger partial charge is 0.341 e. The first-order chi connectivity index (χ1) is 11.9. The Hall–Kier alpha value is -2.08. The molecule has 0 radical (unpaired) electrons. The number of carboxylic acids is 1. The van der Waals surface area contributed by atoms with Crippen LogP contribution < -0.4 is 10.1 Å². The fourth-order valence-electron chi connectivity index (χ4n) is 3.23. The van der Waals surface area contributed by atoms with Crippen molar-refractivity contribution < 1.29 is 24.2 Å². The van der Waals surface area contributed by atoms with E-state index < -0.39 is 18.2 Å². The molecule has 6 heteroatoms. The van der Waals surface area contributed by atoms with Crippen LogP contribution in [0.5, 0.6) is 5.75 Å². The summed E-state index contributed by atoms with van der Waals surface area (Å²) in [5, 5.41) is 11.6. The van der Waals surface area contributed by atoms with Crippen molar-refractivity contribution in [3.63, 3.8) is 0 Å². The van der Waals surface area contributed by atoms with E-state index in [1.807, 2.05) is 6.92 Å². The Kier molecular flexibility index (Phi) is 6.82. The molecule has 0 heterocycles. The fraction of sp³-hybridized carbons (Fsp3) is 0.579. The maximum Gasteiger partial charge on any atom is 0.341 e. The molecule has 0 spiro atoms. The predicted octanol–water partition coefficient (Wildman–Crippen LogP) is 3.46. The molecular weight excluding hydrogens is 322 g/mol. The van der Waals surface area contributed by atoms with Gasteiger partial charge in [-0.1, -0.05) is 20.3 Å². The number of hydrogen-bond acceptors (Lipinski definition) is 4. The second kappa shape index (κ2) is 8.85. The molecule has 0 unspecified atom stereocenters. The molecule has 2 N–H and O–H groups in total. The van der Waals surface area contributed by atoms with Crippen molar-refractivity contribution in [1.29, 1.82) is 0 Å². The summed E-state index contributed by atoms with van der Waals surface area (Å²) < 4.78 is 11.1. The lowest BCUT2D eigenvalue weighted by molar-refractivity contribution is -0.148. The van der Waals surface area contributed by atoms with E-state index >= 15 is 0 Å². The third kappa shape index (κ3) is 5.46. The minimum atomic E-state index is -1.03. The fourth-order valence-corrected chi connectivity index (χ4v) is 3.23. The standard InChI is InChI=1S/C19H27NO5/c1-3-11-25-19(10-4-5-14(2)12-19)18(23)20-15-6-8-16(9-7-15)24-13-17(21)22/h6-9,14H,3-5,10-13H2,1-2H3,(H,20,23)(H,21,22)/t14-,19+/m0/s1. The minimum absolute atomic E-state index is 0.105. The molecule has 1 aromatic rings. The van der Waals surface area contributed by atoms with Crippen molar-refractivity contribution in [2.45, 2.75) is 51.6 Å². The number of aliphatic carboxylic acids is 1. The Morgan fingerprint density at radius 3 is 2.64 bits per heavy atom. The molecule has 6 nitrogen and oxygen atoms in total. The van der Waals surface area contributed by atoms with E-state index in [2.05, 4.69) is 12.2 Å². The summed E-state index contributed by atoms with van der Waals surface area (Å²) in [7, 11) is 0. The Morgan fingerprint density at radius 1 is 1.32 bits per heavy atom. The number of nitrogens with one attached hydrogen (secondary N) is 1. The molecule has 1 saturated carbocycles. The molecule has 0 bridgehead atoms. The van der Waals surface area contributed by atoms with Gasteiger partial charge >= 0.3 is 5.97 Å². The van der Waals surface area contributed by atoms with Crippen LogP contribution in [0.3, 0.4) is 0 Å². The van der Waals surface area contributed by atoms with Crippen LogP contribution in [-0.4, -0.2) is 35.8 Å². The Bertz CT molecular complexity index is 586. The number of rotatable bonds is 8. The highest BCUT2D eigenvalue weighted by Crippen LogP contribution is 2.36. The Morgan fingerprint density at radius 2 is 2.04 bits per heavy atom. The molecule has 1 aromatic carbocycles. The quantitative estimate of drug-likeness (QED) is 0.751. The monoisotopic (exact) mass is 349 g/mol. The molecule has 0 saturated heterocycles. The average molecular weight is 349 g/mol. The number of anilines is 1. The van der Waals surface area contributed by atoms with Crippen molar-refractivity contribution in [2.75, 3.05) is 18.5 Å². The predicted molar refractivity (Wildman–Crippen MR) is 94.8 cm³/mol. The second-order valence-electron chi connectivity index (χ2n) is 6.71. The van der Waals surface area contributed by atoms with Crippen LogP contribution in [0.15, 0.2) is 24.3 Å². The minimum Gasteiger partial charge on any atom is -0.482 e. The van der Waals surface area contributed by atoms with Gasteiger partial charge in [0.25, 0.3) is 5.91 Å². The van der Waals surface area contributed by atoms with Gasteiger partial charge in [-0.2, -0.15) is 0 Å². The van der Waals surface area contributed by atoms with Gasteiger partial charge in [0.1, 0.15) is 11.4 Å². The van der Waals surface area contributed by atoms with Crippen LogP contribution in [-0.2, 0) is 14.3 Å². The maximum atomic E-state index is 12.9. The van der Waals surface area contributed by atoms with Gasteiger partial charge in [-0.05, 0) is 55.9 Å². The SMILES string of the molecule is CCCO[C@]1(C(=O)Nc2ccc(OCC(=O)O)cc2)CCC[C@H](C)C1. The lowest BCUT2D eigenvalue weighted by Gasteiger charge is -2.38. The summed E-state index contributed by atoms with van der Waals surface area (Å²) in [6, 6.07) is 6.69. The molecule has 25 heavy (non-hydrogen) atoms. The number of ether oxygens (including phenoxy) is 2. The first-order valence-corrected chi connectivity index (χ1v) is 8.85. The van der Waals surface area contributed by atoms with Gasteiger partial charge in [-0.15, -0.1) is 0 Å². The largest absolute Gasteiger partial charge is 0.482 e. The van der Waals surface area contributed by atoms with Gasteiger partial charge < -0.3 is 19.9 Å². The number of carbonyl (C=O) groups is 2. The van der Waals surface area contributed by atoms with Crippen LogP contribution >= 0.6 is 0 Å². The van der Waals surface area contributed by atoms with Gasteiger partial charge in [0.15, 0.2) is 6.61 Å². The lowest BCUT2D eigenvalue weighted by atomic mass is 9.78. The highest BCUT2D eigenvalue weighted by atomic mass is 16.5. The maximum absolute atomic E-state index is 12.9. The topological polar surface area (TPSA) is 84.9 Å². The molecular formula is C19H27NO5. The molecule has 1 fully saturated rings. The van der Waals surface area contributed by atoms with Crippen molar-refractivity contribution in [3.8, 4) is 5.75 Å². The summed E-state index contributed by atoms with van der Waals surface area (Å²) in [6.45, 7) is 4.37. The van der Waals surface area contributed by atoms with Crippen LogP contribution in [0.1, 0.15) is 46.0 Å². The summed E-state index contributed by atoms with van der Waals surface area (Å²) in [6.07, 6.45) is 4.46. The number of carboxylic acid groups (broad SMARTS) is 1. The third-order valence-electron chi connectivity index (χ3n) is 4.43. The molecule has 2 atom stereocenters. The first-order valence-electron chi connectivity index (χ1n) is 8.85. The molecule has 1 amide bonds. The van der Waals surface area contributed by atoms with E-state index in [1.54, 1.807) is 24.3 Å². The first kappa shape index (κ1) is 19.2. The van der Waals surface area contributed by atoms with Crippen LogP contribution in [0.4, 0.5) is 5.69 Å². The average Bonchev–Trinajstić information content (AvgIpc) is 2.59. The van der Waals surface area contributed by atoms with E-state index in [4.69, 9.17) is 14.6 Å². The zero-order valence-corrected chi connectivity index (χ0v) is 14.9. The zero-order valence-electron chi connectivity index (χ0n) is 14.9. The Labute approximate surface area is 148 Å². The zero-order chi connectivity index (χ0) is 18.3. The van der Waals surface area contributed by atoms with Gasteiger partial charge in [0.2, 0.25) is 0 Å². The molecule has 138 valence electrons. The Balaban J connectivity index is 2.03. The van der Waals surface area contributed by atoms with E-state index in [-0.39, 0.29) is 5.91 Å². The molecule has 1 aliphatic carbocycles. The van der Waals surface area contributed by atoms with Crippen LogP contribution in [0, 0.1) is 5.92 Å². The van der Waals surface area contributed by atoms with Crippen LogP contribution in [0.2, 0.25) is 0 Å². The van der Waals surface area contributed by atoms with Gasteiger partial charge in [-0.25, -0.2) is 4.79 Å². The van der Waals surface area contributed by atoms with Crippen LogP contribution in [0.25, 0.3) is 0 Å². The van der Waals surface area contributed by atoms with E-state index in [0.717, 1.165) is 32.1 Å². The molecule has 0 aliphatic heterocycles. The third-order valence-corrected chi connectivity index (χ3v) is 4.43. The summed E-state index contributed by atoms with van der Waals surface area (Å²) in [5.74, 6) is -0.225. The molecule has 2 rings (SSSR count). The molecule has 1 aliphatic rings. The van der Waals surface area contributed by atoms with Crippen molar-refractivity contribution in [2.24, 2.45) is 5.92 Å². The summed E-state index contributed by atoms with van der Waals surface area (Å²) >= 11 is 0. The summed E-state index contributed by atoms with van der Waals surface area (Å²) in [4.78, 5) is 23.4. The van der Waals surface area contributed by atoms with E-state index in [9.17, 15) is 9.59 Å². The highest BCUT2D eigenvalue weighted by molar-refractivity contribution is 5.97. The lowest BCUT2D eigenvalue weighted by Crippen LogP contribution is -2.48. The normalized spacial score (nSPS) is 23.0. The molecule has 0 aromatic heterocycles. The number of benzene rings is 1. The van der Waals surface area contributed by atoms with Crippen molar-refractivity contribution >= 4 is 17.6 Å². The van der Waals surface area contributed by atoms with Crippen molar-refractivity contribution in [3.05, 3.63) is 24.3 Å². The van der Waals surface area contributed by atoms with Gasteiger partial charge in [0.05, 0.1) is 0 Å². The second-order valence-corrected chi connectivity index (χ2v) is 6.71. The number of hydrogen-bond donors (Lipinski definition) is 2. The van der Waals surface area contributed by atoms with E-state index in [0.29, 0.717) is 24.0 Å². The highest BCUT2D eigenvalue weighted by Gasteiger charge is 2.42. The summed E-state index contributed by atoms with van der Waals surface area (Å²) in [5.41, 5.74) is -0.114. The number of amides is 1. The van der Waals surface area contributed by atoms with Gasteiger partial charge in [0, 0.05) is 12.3 Å². The van der Waals surface area contributed by atoms with Crippen molar-refractivity contribution in [1.82, 2.24) is 0 Å². The number of carbonyl (C=O) groups excluding carboxylic acids is 1. The van der Waals surface area contributed by atoms with E-state index in [1.165, 1.54) is 0 Å².